The summed E-state index contributed by atoms with van der Waals surface area (Å²) in [5.41, 5.74) is 4.55. The van der Waals surface area contributed by atoms with E-state index in [2.05, 4.69) is 43.5 Å². The van der Waals surface area contributed by atoms with Gasteiger partial charge in [0.05, 0.1) is 44.3 Å². The van der Waals surface area contributed by atoms with Gasteiger partial charge in [-0.2, -0.15) is 0 Å². The van der Waals surface area contributed by atoms with Crippen LogP contribution in [0.1, 0.15) is 42.5 Å². The summed E-state index contributed by atoms with van der Waals surface area (Å²) < 4.78 is 10.3. The third-order valence-corrected chi connectivity index (χ3v) is 6.65. The number of esters is 1. The largest absolute Gasteiger partial charge is 0.464 e. The molecular weight excluding hydrogens is 388 g/mol. The van der Waals surface area contributed by atoms with Gasteiger partial charge in [0.2, 0.25) is 5.78 Å². The molecule has 0 aliphatic rings. The van der Waals surface area contributed by atoms with Crippen LogP contribution in [0.5, 0.6) is 0 Å². The molecule has 0 saturated carbocycles. The minimum absolute atomic E-state index is 0.341. The highest BCUT2D eigenvalue weighted by molar-refractivity contribution is 5.93. The zero-order valence-electron chi connectivity index (χ0n) is 18.8. The van der Waals surface area contributed by atoms with Crippen molar-refractivity contribution in [2.24, 2.45) is 0 Å². The molecule has 0 atom stereocenters. The first-order valence-electron chi connectivity index (χ1n) is 11.0. The van der Waals surface area contributed by atoms with E-state index in [4.69, 9.17) is 9.72 Å². The summed E-state index contributed by atoms with van der Waals surface area (Å²) in [6, 6.07) is 18.5. The summed E-state index contributed by atoms with van der Waals surface area (Å²) in [5, 5.41) is 0. The van der Waals surface area contributed by atoms with Crippen LogP contribution in [-0.4, -0.2) is 51.1 Å². The quantitative estimate of drug-likeness (QED) is 0.312. The molecule has 0 fully saturated rings. The van der Waals surface area contributed by atoms with Gasteiger partial charge in [-0.1, -0.05) is 42.5 Å². The van der Waals surface area contributed by atoms with Crippen LogP contribution >= 0.6 is 0 Å². The number of aromatic nitrogens is 3. The first-order chi connectivity index (χ1) is 15.1. The molecule has 2 heterocycles. The second-order valence-corrected chi connectivity index (χ2v) is 8.04. The van der Waals surface area contributed by atoms with Crippen molar-refractivity contribution in [3.8, 4) is 0 Å². The van der Waals surface area contributed by atoms with Crippen molar-refractivity contribution in [2.45, 2.75) is 33.9 Å². The molecule has 2 aromatic carbocycles. The number of ether oxygens (including phenoxy) is 1. The Morgan fingerprint density at radius 3 is 2.16 bits per heavy atom. The molecule has 0 bridgehead atoms. The SMILES string of the molecule is CC[N+](CC)(CC)Cc1nc2n(Cc3ccccc3)c3ccccc3n2c1C(=O)OC. The van der Waals surface area contributed by atoms with Crippen molar-refractivity contribution in [1.29, 1.82) is 0 Å². The summed E-state index contributed by atoms with van der Waals surface area (Å²) in [6.45, 7) is 10.9. The van der Waals surface area contributed by atoms with E-state index in [9.17, 15) is 4.79 Å². The molecule has 0 saturated heterocycles. The second kappa shape index (κ2) is 8.55. The molecule has 0 unspecified atom stereocenters. The number of para-hydroxylation sites is 2. The van der Waals surface area contributed by atoms with Crippen molar-refractivity contribution in [3.63, 3.8) is 0 Å². The number of hydrogen-bond acceptors (Lipinski definition) is 3. The van der Waals surface area contributed by atoms with Gasteiger partial charge in [-0.05, 0) is 38.5 Å². The van der Waals surface area contributed by atoms with Crippen molar-refractivity contribution in [2.75, 3.05) is 26.7 Å². The molecule has 4 aromatic rings. The Labute approximate surface area is 183 Å². The third-order valence-electron chi connectivity index (χ3n) is 6.65. The molecule has 0 amide bonds. The van der Waals surface area contributed by atoms with E-state index in [0.717, 1.165) is 46.6 Å². The van der Waals surface area contributed by atoms with E-state index < -0.39 is 0 Å². The Bertz CT molecular complexity index is 1190. The number of nitrogens with zero attached hydrogens (tertiary/aromatic N) is 4. The van der Waals surface area contributed by atoms with Crippen molar-refractivity contribution in [3.05, 3.63) is 71.5 Å². The predicted molar refractivity (Wildman–Crippen MR) is 123 cm³/mol. The van der Waals surface area contributed by atoms with Crippen LogP contribution in [0.3, 0.4) is 0 Å². The molecule has 0 aliphatic carbocycles. The number of imidazole rings is 2. The summed E-state index contributed by atoms with van der Waals surface area (Å²) in [5.74, 6) is 0.438. The minimum Gasteiger partial charge on any atom is -0.464 e. The summed E-state index contributed by atoms with van der Waals surface area (Å²) >= 11 is 0. The first kappa shape index (κ1) is 21.1. The fraction of sp³-hybridized carbons (Fsp3) is 0.360. The summed E-state index contributed by atoms with van der Waals surface area (Å²) in [7, 11) is 1.44. The topological polar surface area (TPSA) is 48.5 Å². The van der Waals surface area contributed by atoms with Gasteiger partial charge in [0.25, 0.3) is 0 Å². The molecule has 0 radical (unpaired) electrons. The van der Waals surface area contributed by atoms with Gasteiger partial charge in [-0.3, -0.25) is 4.40 Å². The Hall–Kier alpha value is -3.12. The van der Waals surface area contributed by atoms with Gasteiger partial charge in [-0.25, -0.2) is 9.78 Å². The number of rotatable bonds is 8. The maximum absolute atomic E-state index is 13.0. The Balaban J connectivity index is 1.98. The van der Waals surface area contributed by atoms with Crippen molar-refractivity contribution in [1.82, 2.24) is 14.0 Å². The van der Waals surface area contributed by atoms with Gasteiger partial charge in [-0.15, -0.1) is 0 Å². The number of hydrogen-bond donors (Lipinski definition) is 0. The molecule has 4 rings (SSSR count). The van der Waals surface area contributed by atoms with E-state index in [1.165, 1.54) is 12.7 Å². The summed E-state index contributed by atoms with van der Waals surface area (Å²) in [4.78, 5) is 18.0. The average molecular weight is 420 g/mol. The average Bonchev–Trinajstić information content (AvgIpc) is 3.32. The summed E-state index contributed by atoms with van der Waals surface area (Å²) in [6.07, 6.45) is 0. The van der Waals surface area contributed by atoms with Crippen LogP contribution in [0, 0.1) is 0 Å². The fourth-order valence-electron chi connectivity index (χ4n) is 4.51. The minimum atomic E-state index is -0.341. The maximum atomic E-state index is 13.0. The van der Waals surface area contributed by atoms with Gasteiger partial charge < -0.3 is 13.8 Å². The Morgan fingerprint density at radius 2 is 1.55 bits per heavy atom. The fourth-order valence-corrected chi connectivity index (χ4v) is 4.51. The third kappa shape index (κ3) is 3.61. The van der Waals surface area contributed by atoms with Crippen LogP contribution < -0.4 is 0 Å². The van der Waals surface area contributed by atoms with Crippen LogP contribution in [0.15, 0.2) is 54.6 Å². The van der Waals surface area contributed by atoms with E-state index >= 15 is 0 Å². The van der Waals surface area contributed by atoms with Crippen molar-refractivity contribution >= 4 is 22.8 Å². The van der Waals surface area contributed by atoms with Gasteiger partial charge in [0.1, 0.15) is 12.2 Å². The monoisotopic (exact) mass is 419 g/mol. The van der Waals surface area contributed by atoms with E-state index in [1.54, 1.807) is 0 Å². The zero-order chi connectivity index (χ0) is 22.0. The smallest absolute Gasteiger partial charge is 0.357 e. The normalized spacial score (nSPS) is 12.0. The second-order valence-electron chi connectivity index (χ2n) is 8.04. The van der Waals surface area contributed by atoms with Crippen LogP contribution in [0.2, 0.25) is 0 Å². The maximum Gasteiger partial charge on any atom is 0.357 e. The molecular formula is C25H31N4O2+. The number of benzene rings is 2. The molecule has 0 N–H and O–H groups in total. The van der Waals surface area contributed by atoms with Gasteiger partial charge >= 0.3 is 5.97 Å². The molecule has 6 heteroatoms. The lowest BCUT2D eigenvalue weighted by molar-refractivity contribution is -0.936. The number of carbonyl (C=O) groups is 1. The molecule has 31 heavy (non-hydrogen) atoms. The van der Waals surface area contributed by atoms with Crippen LogP contribution in [-0.2, 0) is 17.8 Å². The van der Waals surface area contributed by atoms with Crippen LogP contribution in [0.25, 0.3) is 16.8 Å². The van der Waals surface area contributed by atoms with E-state index in [-0.39, 0.29) is 5.97 Å². The highest BCUT2D eigenvalue weighted by Crippen LogP contribution is 2.28. The number of carbonyl (C=O) groups excluding carboxylic acids is 1. The Morgan fingerprint density at radius 1 is 0.935 bits per heavy atom. The lowest BCUT2D eigenvalue weighted by Crippen LogP contribution is -2.47. The number of fused-ring (bicyclic) bond motifs is 3. The first-order valence-corrected chi connectivity index (χ1v) is 11.0. The lowest BCUT2D eigenvalue weighted by atomic mass is 10.2. The number of quaternary nitrogens is 1. The van der Waals surface area contributed by atoms with Gasteiger partial charge in [0, 0.05) is 0 Å². The molecule has 0 aliphatic heterocycles. The molecule has 2 aromatic heterocycles. The predicted octanol–water partition coefficient (Wildman–Crippen LogP) is 4.50. The number of methoxy groups -OCH3 is 1. The molecule has 6 nitrogen and oxygen atoms in total. The van der Waals surface area contributed by atoms with E-state index in [0.29, 0.717) is 18.8 Å². The van der Waals surface area contributed by atoms with Crippen LogP contribution in [0.4, 0.5) is 0 Å². The highest BCUT2D eigenvalue weighted by Gasteiger charge is 2.31. The van der Waals surface area contributed by atoms with Crippen molar-refractivity contribution < 1.29 is 14.0 Å². The molecule has 162 valence electrons. The Kier molecular flexibility index (Phi) is 5.83. The standard InChI is InChI=1S/C25H31N4O2/c1-5-29(6-2,7-3)18-20-23(24(30)31-4)28-22-16-12-11-15-21(22)27(25(28)26-20)17-19-13-9-8-10-14-19/h8-16H,5-7,17-18H2,1-4H3/q+1. The van der Waals surface area contributed by atoms with E-state index in [1.807, 2.05) is 40.8 Å². The lowest BCUT2D eigenvalue weighted by Gasteiger charge is -2.35. The zero-order valence-corrected chi connectivity index (χ0v) is 18.8. The highest BCUT2D eigenvalue weighted by atomic mass is 16.5. The van der Waals surface area contributed by atoms with Gasteiger partial charge in [0.15, 0.2) is 5.69 Å². The molecule has 0 spiro atoms.